The summed E-state index contributed by atoms with van der Waals surface area (Å²) in [6.07, 6.45) is 2.66. The first kappa shape index (κ1) is 7.12. The van der Waals surface area contributed by atoms with Crippen molar-refractivity contribution in [3.05, 3.63) is 11.8 Å². The summed E-state index contributed by atoms with van der Waals surface area (Å²) in [5.74, 6) is 0.0411. The molecule has 0 aromatic rings. The van der Waals surface area contributed by atoms with Crippen molar-refractivity contribution in [3.63, 3.8) is 0 Å². The Morgan fingerprint density at radius 1 is 1.90 bits per heavy atom. The summed E-state index contributed by atoms with van der Waals surface area (Å²) in [6.45, 7) is 1.37. The lowest BCUT2D eigenvalue weighted by Gasteiger charge is -2.07. The summed E-state index contributed by atoms with van der Waals surface area (Å²) < 4.78 is 4.83. The standard InChI is InChI=1S/C7H10O3/c1-5(8)10-7-3-2-6(9)4-7/h2,7,9H,3-4H2,1H3/t7-/m0/s1. The van der Waals surface area contributed by atoms with Gasteiger partial charge < -0.3 is 9.84 Å². The van der Waals surface area contributed by atoms with Crippen LogP contribution in [0, 0.1) is 0 Å². The molecule has 0 saturated carbocycles. The van der Waals surface area contributed by atoms with Crippen LogP contribution >= 0.6 is 0 Å². The molecule has 0 aliphatic heterocycles. The van der Waals surface area contributed by atoms with Crippen molar-refractivity contribution in [1.82, 2.24) is 0 Å². The molecule has 1 rings (SSSR count). The van der Waals surface area contributed by atoms with Gasteiger partial charge in [0.2, 0.25) is 0 Å². The smallest absolute Gasteiger partial charge is 0.302 e. The molecule has 1 aliphatic carbocycles. The maximum absolute atomic E-state index is 10.4. The monoisotopic (exact) mass is 142 g/mol. The SMILES string of the molecule is CC(=O)O[C@H]1CC=C(O)C1. The molecule has 1 aliphatic rings. The Kier molecular flexibility index (Phi) is 1.94. The lowest BCUT2D eigenvalue weighted by atomic mass is 10.3. The van der Waals surface area contributed by atoms with E-state index >= 15 is 0 Å². The largest absolute Gasteiger partial charge is 0.513 e. The van der Waals surface area contributed by atoms with Crippen molar-refractivity contribution in [2.75, 3.05) is 0 Å². The molecule has 0 radical (unpaired) electrons. The molecular weight excluding hydrogens is 132 g/mol. The lowest BCUT2D eigenvalue weighted by Crippen LogP contribution is -2.12. The van der Waals surface area contributed by atoms with Gasteiger partial charge in [-0.3, -0.25) is 4.79 Å². The van der Waals surface area contributed by atoms with Crippen LogP contribution in [0.5, 0.6) is 0 Å². The molecule has 0 aromatic carbocycles. The normalized spacial score (nSPS) is 24.1. The summed E-state index contributed by atoms with van der Waals surface area (Å²) in [7, 11) is 0. The van der Waals surface area contributed by atoms with E-state index in [1.165, 1.54) is 6.92 Å². The van der Waals surface area contributed by atoms with Crippen LogP contribution in [-0.4, -0.2) is 17.2 Å². The van der Waals surface area contributed by atoms with Crippen LogP contribution in [-0.2, 0) is 9.53 Å². The fraction of sp³-hybridized carbons (Fsp3) is 0.571. The molecule has 1 atom stereocenters. The summed E-state index contributed by atoms with van der Waals surface area (Å²) in [5.41, 5.74) is 0. The number of hydrogen-bond donors (Lipinski definition) is 1. The Labute approximate surface area is 59.3 Å². The number of aliphatic hydroxyl groups is 1. The van der Waals surface area contributed by atoms with Crippen LogP contribution in [0.4, 0.5) is 0 Å². The average Bonchev–Trinajstić information content (AvgIpc) is 2.13. The predicted molar refractivity (Wildman–Crippen MR) is 35.5 cm³/mol. The minimum atomic E-state index is -0.284. The van der Waals surface area contributed by atoms with E-state index in [4.69, 9.17) is 9.84 Å². The van der Waals surface area contributed by atoms with Gasteiger partial charge in [0.1, 0.15) is 6.10 Å². The molecule has 0 aromatic heterocycles. The van der Waals surface area contributed by atoms with Crippen molar-refractivity contribution in [3.8, 4) is 0 Å². The maximum atomic E-state index is 10.4. The summed E-state index contributed by atoms with van der Waals surface area (Å²) in [6, 6.07) is 0. The molecule has 0 saturated heterocycles. The van der Waals surface area contributed by atoms with Crippen molar-refractivity contribution in [2.45, 2.75) is 25.9 Å². The highest BCUT2D eigenvalue weighted by Crippen LogP contribution is 2.18. The van der Waals surface area contributed by atoms with Crippen LogP contribution in [0.15, 0.2) is 11.8 Å². The second-order valence-corrected chi connectivity index (χ2v) is 2.37. The van der Waals surface area contributed by atoms with Crippen molar-refractivity contribution >= 4 is 5.97 Å². The average molecular weight is 142 g/mol. The van der Waals surface area contributed by atoms with E-state index < -0.39 is 0 Å². The van der Waals surface area contributed by atoms with Gasteiger partial charge in [0.05, 0.1) is 5.76 Å². The maximum Gasteiger partial charge on any atom is 0.302 e. The number of rotatable bonds is 1. The second kappa shape index (κ2) is 2.73. The highest BCUT2D eigenvalue weighted by Gasteiger charge is 2.18. The van der Waals surface area contributed by atoms with Crippen LogP contribution in [0.1, 0.15) is 19.8 Å². The number of ether oxygens (including phenoxy) is 1. The molecule has 3 heteroatoms. The van der Waals surface area contributed by atoms with E-state index in [0.29, 0.717) is 18.6 Å². The van der Waals surface area contributed by atoms with Crippen LogP contribution in [0.3, 0.4) is 0 Å². The molecule has 0 spiro atoms. The van der Waals surface area contributed by atoms with E-state index in [2.05, 4.69) is 0 Å². The van der Waals surface area contributed by atoms with Gasteiger partial charge in [0.25, 0.3) is 0 Å². The topological polar surface area (TPSA) is 46.5 Å². The molecule has 0 fully saturated rings. The number of esters is 1. The third-order valence-electron chi connectivity index (χ3n) is 1.39. The van der Waals surface area contributed by atoms with E-state index in [1.54, 1.807) is 6.08 Å². The molecule has 0 amide bonds. The minimum Gasteiger partial charge on any atom is -0.513 e. The second-order valence-electron chi connectivity index (χ2n) is 2.37. The van der Waals surface area contributed by atoms with Gasteiger partial charge in [-0.15, -0.1) is 0 Å². The Bertz CT molecular complexity index is 172. The highest BCUT2D eigenvalue weighted by molar-refractivity contribution is 5.66. The van der Waals surface area contributed by atoms with Crippen molar-refractivity contribution in [2.24, 2.45) is 0 Å². The van der Waals surface area contributed by atoms with Crippen LogP contribution in [0.2, 0.25) is 0 Å². The zero-order chi connectivity index (χ0) is 7.56. The fourth-order valence-electron chi connectivity index (χ4n) is 0.992. The van der Waals surface area contributed by atoms with Crippen molar-refractivity contribution < 1.29 is 14.6 Å². The van der Waals surface area contributed by atoms with Crippen LogP contribution < -0.4 is 0 Å². The Morgan fingerprint density at radius 2 is 2.60 bits per heavy atom. The van der Waals surface area contributed by atoms with Gasteiger partial charge in [0, 0.05) is 19.8 Å². The van der Waals surface area contributed by atoms with Gasteiger partial charge in [0.15, 0.2) is 0 Å². The van der Waals surface area contributed by atoms with Gasteiger partial charge in [-0.25, -0.2) is 0 Å². The third-order valence-corrected chi connectivity index (χ3v) is 1.39. The minimum absolute atomic E-state index is 0.127. The highest BCUT2D eigenvalue weighted by atomic mass is 16.5. The Morgan fingerprint density at radius 3 is 3.00 bits per heavy atom. The Balaban J connectivity index is 2.29. The number of hydrogen-bond acceptors (Lipinski definition) is 3. The summed E-state index contributed by atoms with van der Waals surface area (Å²) in [4.78, 5) is 10.4. The van der Waals surface area contributed by atoms with Gasteiger partial charge in [-0.2, -0.15) is 0 Å². The third kappa shape index (κ3) is 1.76. The first-order chi connectivity index (χ1) is 4.68. The molecule has 1 N–H and O–H groups in total. The van der Waals surface area contributed by atoms with E-state index in [1.807, 2.05) is 0 Å². The predicted octanol–water partition coefficient (Wildman–Crippen LogP) is 1.15. The summed E-state index contributed by atoms with van der Waals surface area (Å²) in [5, 5.41) is 8.88. The van der Waals surface area contributed by atoms with Gasteiger partial charge >= 0.3 is 5.97 Å². The molecular formula is C7H10O3. The van der Waals surface area contributed by atoms with Gasteiger partial charge in [-0.05, 0) is 6.08 Å². The molecule has 10 heavy (non-hydrogen) atoms. The Hall–Kier alpha value is -0.990. The van der Waals surface area contributed by atoms with E-state index in [-0.39, 0.29) is 12.1 Å². The zero-order valence-electron chi connectivity index (χ0n) is 5.83. The zero-order valence-corrected chi connectivity index (χ0v) is 5.83. The first-order valence-corrected chi connectivity index (χ1v) is 3.23. The summed E-state index contributed by atoms with van der Waals surface area (Å²) >= 11 is 0. The van der Waals surface area contributed by atoms with E-state index in [0.717, 1.165) is 0 Å². The lowest BCUT2D eigenvalue weighted by molar-refractivity contribution is -0.145. The molecule has 0 heterocycles. The quantitative estimate of drug-likeness (QED) is 0.559. The fourth-order valence-corrected chi connectivity index (χ4v) is 0.992. The first-order valence-electron chi connectivity index (χ1n) is 3.23. The molecule has 56 valence electrons. The van der Waals surface area contributed by atoms with Crippen LogP contribution in [0.25, 0.3) is 0 Å². The number of aliphatic hydroxyl groups excluding tert-OH is 1. The molecule has 3 nitrogen and oxygen atoms in total. The number of carbonyl (C=O) groups excluding carboxylic acids is 1. The van der Waals surface area contributed by atoms with E-state index in [9.17, 15) is 4.79 Å². The molecule has 0 unspecified atom stereocenters. The van der Waals surface area contributed by atoms with Gasteiger partial charge in [-0.1, -0.05) is 0 Å². The van der Waals surface area contributed by atoms with Crippen molar-refractivity contribution in [1.29, 1.82) is 0 Å². The number of carbonyl (C=O) groups is 1. The molecule has 0 bridgehead atoms.